The molecule has 1 aromatic carbocycles. The lowest BCUT2D eigenvalue weighted by atomic mass is 10.0. The minimum absolute atomic E-state index is 0.0857. The Balaban J connectivity index is 2.16. The number of nitrogens with zero attached hydrogens (tertiary/aromatic N) is 2. The van der Waals surface area contributed by atoms with Gasteiger partial charge in [0.05, 0.1) is 18.1 Å². The highest BCUT2D eigenvalue weighted by Gasteiger charge is 2.13. The lowest BCUT2D eigenvalue weighted by Gasteiger charge is -2.16. The van der Waals surface area contributed by atoms with Crippen molar-refractivity contribution >= 4 is 22.6 Å². The molecule has 0 aliphatic carbocycles. The Morgan fingerprint density at radius 3 is 2.65 bits per heavy atom. The summed E-state index contributed by atoms with van der Waals surface area (Å²) in [5.41, 5.74) is 5.19. The highest BCUT2D eigenvalue weighted by atomic mass is 127. The van der Waals surface area contributed by atoms with Crippen molar-refractivity contribution in [3.63, 3.8) is 0 Å². The van der Waals surface area contributed by atoms with Gasteiger partial charge in [-0.3, -0.25) is 11.3 Å². The number of benzene rings is 1. The fourth-order valence-corrected chi connectivity index (χ4v) is 2.17. The SMILES string of the molecule is Cn1cncc1C(Cc1ccc(I)cc1)NN. The van der Waals surface area contributed by atoms with Gasteiger partial charge in [-0.05, 0) is 46.7 Å². The van der Waals surface area contributed by atoms with Crippen LogP contribution in [0.3, 0.4) is 0 Å². The predicted octanol–water partition coefficient (Wildman–Crippen LogP) is 1.77. The summed E-state index contributed by atoms with van der Waals surface area (Å²) in [7, 11) is 1.97. The predicted molar refractivity (Wildman–Crippen MR) is 76.1 cm³/mol. The first kappa shape index (κ1) is 12.5. The summed E-state index contributed by atoms with van der Waals surface area (Å²) in [6.45, 7) is 0. The van der Waals surface area contributed by atoms with Crippen LogP contribution in [-0.2, 0) is 13.5 Å². The Morgan fingerprint density at radius 2 is 2.12 bits per heavy atom. The first-order valence-corrected chi connectivity index (χ1v) is 6.45. The zero-order valence-corrected chi connectivity index (χ0v) is 11.8. The molecule has 0 fully saturated rings. The second-order valence-electron chi connectivity index (χ2n) is 3.98. The average molecular weight is 342 g/mol. The molecule has 0 saturated carbocycles. The topological polar surface area (TPSA) is 55.9 Å². The van der Waals surface area contributed by atoms with E-state index in [-0.39, 0.29) is 6.04 Å². The molecule has 0 amide bonds. The summed E-state index contributed by atoms with van der Waals surface area (Å²) in [6.07, 6.45) is 4.48. The number of nitrogens with two attached hydrogens (primary N) is 1. The van der Waals surface area contributed by atoms with Crippen LogP contribution in [0.5, 0.6) is 0 Å². The molecule has 4 nitrogen and oxygen atoms in total. The van der Waals surface area contributed by atoms with Crippen molar-refractivity contribution in [2.24, 2.45) is 12.9 Å². The third-order valence-electron chi connectivity index (χ3n) is 2.77. The standard InChI is InChI=1S/C12H15IN4/c1-17-8-15-7-12(17)11(16-14)6-9-2-4-10(13)5-3-9/h2-5,7-8,11,16H,6,14H2,1H3. The van der Waals surface area contributed by atoms with Gasteiger partial charge in [0.25, 0.3) is 0 Å². The lowest BCUT2D eigenvalue weighted by Crippen LogP contribution is -2.30. The Hall–Kier alpha value is -0.920. The summed E-state index contributed by atoms with van der Waals surface area (Å²) in [6, 6.07) is 8.55. The summed E-state index contributed by atoms with van der Waals surface area (Å²) in [5.74, 6) is 5.62. The smallest absolute Gasteiger partial charge is 0.0946 e. The van der Waals surface area contributed by atoms with Gasteiger partial charge in [0.1, 0.15) is 0 Å². The Bertz CT molecular complexity index is 478. The van der Waals surface area contributed by atoms with Crippen LogP contribution in [0.2, 0.25) is 0 Å². The Morgan fingerprint density at radius 1 is 1.41 bits per heavy atom. The summed E-state index contributed by atoms with van der Waals surface area (Å²) in [4.78, 5) is 4.11. The normalized spacial score (nSPS) is 12.6. The molecule has 2 aromatic rings. The molecule has 1 aromatic heterocycles. The first-order chi connectivity index (χ1) is 8.20. The number of aryl methyl sites for hydroxylation is 1. The van der Waals surface area contributed by atoms with Crippen molar-refractivity contribution in [2.75, 3.05) is 0 Å². The fourth-order valence-electron chi connectivity index (χ4n) is 1.81. The molecular formula is C12H15IN4. The molecule has 90 valence electrons. The molecule has 0 bridgehead atoms. The number of hydrogen-bond acceptors (Lipinski definition) is 3. The average Bonchev–Trinajstić information content (AvgIpc) is 2.75. The quantitative estimate of drug-likeness (QED) is 0.506. The van der Waals surface area contributed by atoms with Gasteiger partial charge in [-0.2, -0.15) is 0 Å². The molecule has 0 aliphatic heterocycles. The number of hydrogen-bond donors (Lipinski definition) is 2. The minimum atomic E-state index is 0.0857. The number of halogens is 1. The lowest BCUT2D eigenvalue weighted by molar-refractivity contribution is 0.522. The molecule has 17 heavy (non-hydrogen) atoms. The van der Waals surface area contributed by atoms with Crippen LogP contribution in [-0.4, -0.2) is 9.55 Å². The van der Waals surface area contributed by atoms with Crippen LogP contribution < -0.4 is 11.3 Å². The number of hydrazine groups is 1. The maximum atomic E-state index is 5.62. The van der Waals surface area contributed by atoms with Crippen molar-refractivity contribution in [1.82, 2.24) is 15.0 Å². The van der Waals surface area contributed by atoms with Gasteiger partial charge >= 0.3 is 0 Å². The number of rotatable bonds is 4. The van der Waals surface area contributed by atoms with Gasteiger partial charge in [-0.25, -0.2) is 4.98 Å². The second-order valence-corrected chi connectivity index (χ2v) is 5.22. The molecule has 2 rings (SSSR count). The molecule has 3 N–H and O–H groups in total. The van der Waals surface area contributed by atoms with E-state index in [1.807, 2.05) is 17.8 Å². The molecule has 0 saturated heterocycles. The minimum Gasteiger partial charge on any atom is -0.336 e. The van der Waals surface area contributed by atoms with Gasteiger partial charge in [-0.1, -0.05) is 12.1 Å². The number of aromatic nitrogens is 2. The Labute approximate surface area is 114 Å². The third kappa shape index (κ3) is 3.05. The van der Waals surface area contributed by atoms with E-state index in [2.05, 4.69) is 57.3 Å². The zero-order chi connectivity index (χ0) is 12.3. The van der Waals surface area contributed by atoms with E-state index in [1.165, 1.54) is 9.13 Å². The van der Waals surface area contributed by atoms with Gasteiger partial charge in [0.15, 0.2) is 0 Å². The summed E-state index contributed by atoms with van der Waals surface area (Å²) in [5, 5.41) is 0. The van der Waals surface area contributed by atoms with E-state index in [9.17, 15) is 0 Å². The van der Waals surface area contributed by atoms with E-state index < -0.39 is 0 Å². The van der Waals surface area contributed by atoms with E-state index in [0.717, 1.165) is 12.1 Å². The van der Waals surface area contributed by atoms with Gasteiger partial charge in [0.2, 0.25) is 0 Å². The van der Waals surface area contributed by atoms with Gasteiger partial charge in [-0.15, -0.1) is 0 Å². The van der Waals surface area contributed by atoms with Crippen LogP contribution in [0.25, 0.3) is 0 Å². The zero-order valence-electron chi connectivity index (χ0n) is 9.60. The Kier molecular flexibility index (Phi) is 4.14. The molecule has 1 unspecified atom stereocenters. The summed E-state index contributed by atoms with van der Waals surface area (Å²) >= 11 is 2.30. The molecular weight excluding hydrogens is 327 g/mol. The maximum absolute atomic E-state index is 5.62. The van der Waals surface area contributed by atoms with Crippen LogP contribution in [0.1, 0.15) is 17.3 Å². The van der Waals surface area contributed by atoms with Crippen LogP contribution in [0.4, 0.5) is 0 Å². The highest BCUT2D eigenvalue weighted by molar-refractivity contribution is 14.1. The van der Waals surface area contributed by atoms with Crippen molar-refractivity contribution in [3.8, 4) is 0 Å². The first-order valence-electron chi connectivity index (χ1n) is 5.37. The molecule has 1 atom stereocenters. The molecule has 0 aliphatic rings. The van der Waals surface area contributed by atoms with Gasteiger partial charge in [0, 0.05) is 16.8 Å². The monoisotopic (exact) mass is 342 g/mol. The van der Waals surface area contributed by atoms with Gasteiger partial charge < -0.3 is 4.57 Å². The van der Waals surface area contributed by atoms with Crippen LogP contribution in [0.15, 0.2) is 36.8 Å². The number of nitrogens with one attached hydrogen (secondary N) is 1. The van der Waals surface area contributed by atoms with Crippen molar-refractivity contribution in [3.05, 3.63) is 51.6 Å². The van der Waals surface area contributed by atoms with Crippen LogP contribution >= 0.6 is 22.6 Å². The molecule has 0 spiro atoms. The van der Waals surface area contributed by atoms with E-state index in [1.54, 1.807) is 6.33 Å². The fraction of sp³-hybridized carbons (Fsp3) is 0.250. The van der Waals surface area contributed by atoms with Crippen molar-refractivity contribution in [1.29, 1.82) is 0 Å². The van der Waals surface area contributed by atoms with Crippen molar-refractivity contribution < 1.29 is 0 Å². The van der Waals surface area contributed by atoms with E-state index in [4.69, 9.17) is 5.84 Å². The summed E-state index contributed by atoms with van der Waals surface area (Å²) < 4.78 is 3.22. The van der Waals surface area contributed by atoms with Crippen LogP contribution in [0, 0.1) is 3.57 Å². The third-order valence-corrected chi connectivity index (χ3v) is 3.48. The molecule has 5 heteroatoms. The van der Waals surface area contributed by atoms with E-state index in [0.29, 0.717) is 0 Å². The van der Waals surface area contributed by atoms with E-state index >= 15 is 0 Å². The number of imidazole rings is 1. The second kappa shape index (κ2) is 5.61. The molecule has 1 heterocycles. The maximum Gasteiger partial charge on any atom is 0.0946 e. The highest BCUT2D eigenvalue weighted by Crippen LogP contribution is 2.17. The van der Waals surface area contributed by atoms with Crippen molar-refractivity contribution in [2.45, 2.75) is 12.5 Å². The largest absolute Gasteiger partial charge is 0.336 e. The molecule has 0 radical (unpaired) electrons.